The molecule has 0 spiro atoms. The first-order chi connectivity index (χ1) is 10.1. The van der Waals surface area contributed by atoms with Crippen molar-refractivity contribution in [2.24, 2.45) is 0 Å². The number of piperidine rings is 1. The standard InChI is InChI=1S/C13H15FN4O2S/c14-11-7-13(9-16-8-11)21(19,20)18-4-1-12(2-5-18)17-6-3-15-10-17/h3,6-10,12H,1-2,4-5H2. The summed E-state index contributed by atoms with van der Waals surface area (Å²) in [6.45, 7) is 0.809. The maximum absolute atomic E-state index is 13.2. The van der Waals surface area contributed by atoms with Gasteiger partial charge in [0.15, 0.2) is 0 Å². The summed E-state index contributed by atoms with van der Waals surface area (Å²) in [7, 11) is -3.67. The minimum Gasteiger partial charge on any atom is -0.334 e. The van der Waals surface area contributed by atoms with Gasteiger partial charge >= 0.3 is 0 Å². The van der Waals surface area contributed by atoms with Crippen LogP contribution >= 0.6 is 0 Å². The minimum atomic E-state index is -3.67. The molecule has 0 N–H and O–H groups in total. The van der Waals surface area contributed by atoms with E-state index < -0.39 is 15.8 Å². The summed E-state index contributed by atoms with van der Waals surface area (Å²) in [6.07, 6.45) is 8.92. The van der Waals surface area contributed by atoms with Crippen molar-refractivity contribution in [1.29, 1.82) is 0 Å². The number of rotatable bonds is 3. The van der Waals surface area contributed by atoms with E-state index in [2.05, 4.69) is 9.97 Å². The summed E-state index contributed by atoms with van der Waals surface area (Å²) in [6, 6.07) is 1.26. The van der Waals surface area contributed by atoms with Crippen LogP contribution in [0.2, 0.25) is 0 Å². The molecule has 0 aromatic carbocycles. The van der Waals surface area contributed by atoms with Crippen molar-refractivity contribution in [3.05, 3.63) is 43.0 Å². The first-order valence-electron chi connectivity index (χ1n) is 6.65. The molecule has 2 aromatic heterocycles. The zero-order valence-electron chi connectivity index (χ0n) is 11.3. The van der Waals surface area contributed by atoms with Crippen molar-refractivity contribution in [3.63, 3.8) is 0 Å². The lowest BCUT2D eigenvalue weighted by Gasteiger charge is -2.31. The van der Waals surface area contributed by atoms with Gasteiger partial charge in [-0.2, -0.15) is 4.31 Å². The molecule has 0 aliphatic carbocycles. The first kappa shape index (κ1) is 14.2. The van der Waals surface area contributed by atoms with Crippen molar-refractivity contribution in [1.82, 2.24) is 18.8 Å². The van der Waals surface area contributed by atoms with Gasteiger partial charge < -0.3 is 4.57 Å². The third-order valence-electron chi connectivity index (χ3n) is 3.69. The molecule has 112 valence electrons. The van der Waals surface area contributed by atoms with Crippen LogP contribution in [0.3, 0.4) is 0 Å². The molecule has 0 unspecified atom stereocenters. The van der Waals surface area contributed by atoms with E-state index in [9.17, 15) is 12.8 Å². The lowest BCUT2D eigenvalue weighted by atomic mass is 10.1. The van der Waals surface area contributed by atoms with Gasteiger partial charge in [-0.15, -0.1) is 0 Å². The molecule has 21 heavy (non-hydrogen) atoms. The van der Waals surface area contributed by atoms with E-state index in [0.717, 1.165) is 12.3 Å². The van der Waals surface area contributed by atoms with Crippen LogP contribution in [0.5, 0.6) is 0 Å². The van der Waals surface area contributed by atoms with Crippen LogP contribution in [0, 0.1) is 5.82 Å². The number of pyridine rings is 1. The third kappa shape index (κ3) is 2.81. The monoisotopic (exact) mass is 310 g/mol. The average Bonchev–Trinajstić information content (AvgIpc) is 3.02. The van der Waals surface area contributed by atoms with Crippen molar-refractivity contribution >= 4 is 10.0 Å². The highest BCUT2D eigenvalue weighted by Gasteiger charge is 2.30. The average molecular weight is 310 g/mol. The van der Waals surface area contributed by atoms with Crippen LogP contribution in [0.4, 0.5) is 4.39 Å². The van der Waals surface area contributed by atoms with Crippen molar-refractivity contribution in [2.75, 3.05) is 13.1 Å². The van der Waals surface area contributed by atoms with Crippen LogP contribution in [-0.4, -0.2) is 40.3 Å². The number of halogens is 1. The SMILES string of the molecule is O=S(=O)(c1cncc(F)c1)N1CCC(n2ccnc2)CC1. The van der Waals surface area contributed by atoms with Crippen LogP contribution in [0.15, 0.2) is 42.1 Å². The van der Waals surface area contributed by atoms with E-state index in [1.54, 1.807) is 12.5 Å². The van der Waals surface area contributed by atoms with Gasteiger partial charge in [-0.25, -0.2) is 17.8 Å². The Morgan fingerprint density at radius 2 is 1.95 bits per heavy atom. The Morgan fingerprint density at radius 1 is 1.19 bits per heavy atom. The molecular weight excluding hydrogens is 295 g/mol. The second kappa shape index (κ2) is 5.53. The number of aromatic nitrogens is 3. The Hall–Kier alpha value is -1.80. The molecule has 8 heteroatoms. The zero-order chi connectivity index (χ0) is 14.9. The van der Waals surface area contributed by atoms with Crippen LogP contribution in [0.25, 0.3) is 0 Å². The van der Waals surface area contributed by atoms with Gasteiger partial charge in [-0.3, -0.25) is 4.98 Å². The summed E-state index contributed by atoms with van der Waals surface area (Å²) >= 11 is 0. The quantitative estimate of drug-likeness (QED) is 0.860. The summed E-state index contributed by atoms with van der Waals surface area (Å²) in [4.78, 5) is 7.52. The molecule has 1 fully saturated rings. The van der Waals surface area contributed by atoms with Crippen LogP contribution in [0.1, 0.15) is 18.9 Å². The second-order valence-corrected chi connectivity index (χ2v) is 6.92. The Bertz CT molecular complexity index is 710. The van der Waals surface area contributed by atoms with E-state index in [-0.39, 0.29) is 10.9 Å². The Labute approximate surface area is 122 Å². The predicted molar refractivity (Wildman–Crippen MR) is 73.5 cm³/mol. The topological polar surface area (TPSA) is 68.1 Å². The maximum Gasteiger partial charge on any atom is 0.244 e. The van der Waals surface area contributed by atoms with E-state index in [1.165, 1.54) is 10.5 Å². The normalized spacial score (nSPS) is 18.0. The fraction of sp³-hybridized carbons (Fsp3) is 0.385. The zero-order valence-corrected chi connectivity index (χ0v) is 12.1. The van der Waals surface area contributed by atoms with Crippen molar-refractivity contribution in [2.45, 2.75) is 23.8 Å². The third-order valence-corrected chi connectivity index (χ3v) is 5.55. The molecule has 0 saturated carbocycles. The molecular formula is C13H15FN4O2S. The van der Waals surface area contributed by atoms with Gasteiger partial charge in [0.2, 0.25) is 10.0 Å². The van der Waals surface area contributed by atoms with Crippen molar-refractivity contribution < 1.29 is 12.8 Å². The van der Waals surface area contributed by atoms with Gasteiger partial charge in [-0.05, 0) is 18.9 Å². The number of hydrogen-bond acceptors (Lipinski definition) is 4. The lowest BCUT2D eigenvalue weighted by Crippen LogP contribution is -2.38. The molecule has 6 nitrogen and oxygen atoms in total. The summed E-state index contributed by atoms with van der Waals surface area (Å²) in [5.74, 6) is -0.649. The molecule has 3 heterocycles. The summed E-state index contributed by atoms with van der Waals surface area (Å²) in [5.41, 5.74) is 0. The lowest BCUT2D eigenvalue weighted by molar-refractivity contribution is 0.273. The predicted octanol–water partition coefficient (Wildman–Crippen LogP) is 1.44. The van der Waals surface area contributed by atoms with Gasteiger partial charge in [0.05, 0.1) is 12.5 Å². The maximum atomic E-state index is 13.2. The number of nitrogens with zero attached hydrogens (tertiary/aromatic N) is 4. The minimum absolute atomic E-state index is 0.0939. The highest BCUT2D eigenvalue weighted by Crippen LogP contribution is 2.26. The largest absolute Gasteiger partial charge is 0.334 e. The van der Waals surface area contributed by atoms with Gasteiger partial charge in [-0.1, -0.05) is 0 Å². The molecule has 2 aromatic rings. The van der Waals surface area contributed by atoms with E-state index in [0.29, 0.717) is 25.9 Å². The van der Waals surface area contributed by atoms with Gasteiger partial charge in [0.1, 0.15) is 10.7 Å². The van der Waals surface area contributed by atoms with Gasteiger partial charge in [0.25, 0.3) is 0 Å². The molecule has 0 atom stereocenters. The first-order valence-corrected chi connectivity index (χ1v) is 8.09. The molecule has 1 aliphatic rings. The molecule has 0 radical (unpaired) electrons. The number of imidazole rings is 1. The van der Waals surface area contributed by atoms with Crippen molar-refractivity contribution in [3.8, 4) is 0 Å². The Kier molecular flexibility index (Phi) is 3.73. The van der Waals surface area contributed by atoms with Crippen LogP contribution < -0.4 is 0 Å². The molecule has 1 aliphatic heterocycles. The number of hydrogen-bond donors (Lipinski definition) is 0. The highest BCUT2D eigenvalue weighted by atomic mass is 32.2. The van der Waals surface area contributed by atoms with E-state index in [4.69, 9.17) is 0 Å². The highest BCUT2D eigenvalue weighted by molar-refractivity contribution is 7.89. The summed E-state index contributed by atoms with van der Waals surface area (Å²) < 4.78 is 41.4. The van der Waals surface area contributed by atoms with Gasteiger partial charge in [0, 0.05) is 37.7 Å². The molecule has 1 saturated heterocycles. The van der Waals surface area contributed by atoms with E-state index in [1.807, 2.05) is 10.8 Å². The molecule has 0 amide bonds. The molecule has 3 rings (SSSR count). The smallest absolute Gasteiger partial charge is 0.244 e. The second-order valence-electron chi connectivity index (χ2n) is 4.98. The summed E-state index contributed by atoms with van der Waals surface area (Å²) in [5, 5.41) is 0. The Morgan fingerprint density at radius 3 is 2.57 bits per heavy atom. The fourth-order valence-corrected chi connectivity index (χ4v) is 3.99. The number of sulfonamides is 1. The fourth-order valence-electron chi connectivity index (χ4n) is 2.55. The molecule has 0 bridgehead atoms. The Balaban J connectivity index is 1.74. The van der Waals surface area contributed by atoms with E-state index >= 15 is 0 Å². The van der Waals surface area contributed by atoms with Crippen LogP contribution in [-0.2, 0) is 10.0 Å².